The van der Waals surface area contributed by atoms with Crippen LogP contribution in [0.3, 0.4) is 0 Å². The summed E-state index contributed by atoms with van der Waals surface area (Å²) in [6.45, 7) is 5.16. The van der Waals surface area contributed by atoms with E-state index in [1.807, 2.05) is 12.4 Å². The fraction of sp³-hybridized carbons (Fsp3) is 0.812. The van der Waals surface area contributed by atoms with Crippen LogP contribution in [0.1, 0.15) is 45.4 Å². The number of hydrogen-bond acceptors (Lipinski definition) is 3. The third-order valence-electron chi connectivity index (χ3n) is 4.56. The molecule has 20 heavy (non-hydrogen) atoms. The van der Waals surface area contributed by atoms with E-state index in [-0.39, 0.29) is 0 Å². The molecule has 1 aromatic rings. The lowest BCUT2D eigenvalue weighted by Gasteiger charge is -2.28. The SMILES string of the molecule is CCC1CCC(CNc2nccn2CCCOC)CC1. The minimum Gasteiger partial charge on any atom is -0.385 e. The van der Waals surface area contributed by atoms with Gasteiger partial charge in [-0.3, -0.25) is 0 Å². The summed E-state index contributed by atoms with van der Waals surface area (Å²) in [5, 5.41) is 3.53. The summed E-state index contributed by atoms with van der Waals surface area (Å²) in [4.78, 5) is 4.42. The Labute approximate surface area is 122 Å². The minimum atomic E-state index is 0.804. The zero-order valence-electron chi connectivity index (χ0n) is 13.0. The Balaban J connectivity index is 1.72. The molecule has 1 N–H and O–H groups in total. The Kier molecular flexibility index (Phi) is 6.37. The Morgan fingerprint density at radius 1 is 1.30 bits per heavy atom. The van der Waals surface area contributed by atoms with E-state index in [9.17, 15) is 0 Å². The van der Waals surface area contributed by atoms with Crippen LogP contribution in [0.15, 0.2) is 12.4 Å². The summed E-state index contributed by atoms with van der Waals surface area (Å²) in [5.41, 5.74) is 0. The highest BCUT2D eigenvalue weighted by Gasteiger charge is 2.20. The first-order valence-corrected chi connectivity index (χ1v) is 8.07. The van der Waals surface area contributed by atoms with Gasteiger partial charge in [0.2, 0.25) is 5.95 Å². The quantitative estimate of drug-likeness (QED) is 0.740. The summed E-state index contributed by atoms with van der Waals surface area (Å²) >= 11 is 0. The zero-order chi connectivity index (χ0) is 14.2. The number of methoxy groups -OCH3 is 1. The van der Waals surface area contributed by atoms with Crippen LogP contribution in [0, 0.1) is 11.8 Å². The summed E-state index contributed by atoms with van der Waals surface area (Å²) < 4.78 is 7.29. The summed E-state index contributed by atoms with van der Waals surface area (Å²) in [7, 11) is 1.75. The molecular weight excluding hydrogens is 250 g/mol. The molecule has 0 radical (unpaired) electrons. The minimum absolute atomic E-state index is 0.804. The van der Waals surface area contributed by atoms with Crippen molar-refractivity contribution in [3.8, 4) is 0 Å². The van der Waals surface area contributed by atoms with Crippen LogP contribution >= 0.6 is 0 Å². The van der Waals surface area contributed by atoms with Gasteiger partial charge in [-0.15, -0.1) is 0 Å². The van der Waals surface area contributed by atoms with E-state index in [4.69, 9.17) is 4.74 Å². The van der Waals surface area contributed by atoms with Crippen LogP contribution < -0.4 is 5.32 Å². The Morgan fingerprint density at radius 2 is 2.05 bits per heavy atom. The average Bonchev–Trinajstić information content (AvgIpc) is 2.93. The smallest absolute Gasteiger partial charge is 0.202 e. The van der Waals surface area contributed by atoms with Crippen LogP contribution in [0.5, 0.6) is 0 Å². The molecule has 1 heterocycles. The highest BCUT2D eigenvalue weighted by atomic mass is 16.5. The molecule has 0 aromatic carbocycles. The molecule has 0 saturated heterocycles. The maximum atomic E-state index is 5.10. The number of nitrogens with zero attached hydrogens (tertiary/aromatic N) is 2. The summed E-state index contributed by atoms with van der Waals surface area (Å²) in [5.74, 6) is 2.81. The summed E-state index contributed by atoms with van der Waals surface area (Å²) in [6.07, 6.45) is 11.9. The van der Waals surface area contributed by atoms with Gasteiger partial charge in [-0.2, -0.15) is 0 Å². The molecule has 2 rings (SSSR count). The van der Waals surface area contributed by atoms with E-state index in [0.717, 1.165) is 43.9 Å². The zero-order valence-corrected chi connectivity index (χ0v) is 13.0. The topological polar surface area (TPSA) is 39.1 Å². The van der Waals surface area contributed by atoms with Gasteiger partial charge in [0.25, 0.3) is 0 Å². The predicted octanol–water partition coefficient (Wildman–Crippen LogP) is 3.55. The van der Waals surface area contributed by atoms with Crippen molar-refractivity contribution >= 4 is 5.95 Å². The Morgan fingerprint density at radius 3 is 2.75 bits per heavy atom. The molecule has 0 unspecified atom stereocenters. The van der Waals surface area contributed by atoms with Crippen molar-refractivity contribution in [1.29, 1.82) is 0 Å². The maximum absolute atomic E-state index is 5.10. The largest absolute Gasteiger partial charge is 0.385 e. The second-order valence-corrected chi connectivity index (χ2v) is 5.97. The van der Waals surface area contributed by atoms with Crippen LogP contribution in [-0.4, -0.2) is 29.8 Å². The van der Waals surface area contributed by atoms with E-state index in [0.29, 0.717) is 0 Å². The number of hydrogen-bond donors (Lipinski definition) is 1. The average molecular weight is 279 g/mol. The number of anilines is 1. The molecule has 1 fully saturated rings. The van der Waals surface area contributed by atoms with E-state index < -0.39 is 0 Å². The van der Waals surface area contributed by atoms with Crippen molar-refractivity contribution in [3.63, 3.8) is 0 Å². The van der Waals surface area contributed by atoms with Crippen molar-refractivity contribution in [2.75, 3.05) is 25.6 Å². The number of aromatic nitrogens is 2. The van der Waals surface area contributed by atoms with Crippen molar-refractivity contribution < 1.29 is 4.74 Å². The Bertz CT molecular complexity index is 370. The van der Waals surface area contributed by atoms with E-state index in [1.165, 1.54) is 32.1 Å². The van der Waals surface area contributed by atoms with E-state index >= 15 is 0 Å². The third kappa shape index (κ3) is 4.51. The van der Waals surface area contributed by atoms with Gasteiger partial charge in [0.15, 0.2) is 0 Å². The van der Waals surface area contributed by atoms with Gasteiger partial charge in [0, 0.05) is 39.2 Å². The van der Waals surface area contributed by atoms with Crippen molar-refractivity contribution in [1.82, 2.24) is 9.55 Å². The van der Waals surface area contributed by atoms with Gasteiger partial charge in [-0.1, -0.05) is 26.2 Å². The van der Waals surface area contributed by atoms with Crippen LogP contribution in [-0.2, 0) is 11.3 Å². The first-order valence-electron chi connectivity index (χ1n) is 8.07. The molecule has 1 saturated carbocycles. The number of ether oxygens (including phenoxy) is 1. The fourth-order valence-electron chi connectivity index (χ4n) is 3.12. The lowest BCUT2D eigenvalue weighted by Crippen LogP contribution is -2.22. The molecule has 0 amide bonds. The fourth-order valence-corrected chi connectivity index (χ4v) is 3.12. The molecule has 0 bridgehead atoms. The highest BCUT2D eigenvalue weighted by molar-refractivity contribution is 5.25. The molecule has 1 aliphatic rings. The number of imidazole rings is 1. The van der Waals surface area contributed by atoms with Gasteiger partial charge < -0.3 is 14.6 Å². The van der Waals surface area contributed by atoms with Crippen LogP contribution in [0.2, 0.25) is 0 Å². The standard InChI is InChI=1S/C16H29N3O/c1-3-14-5-7-15(8-6-14)13-18-16-17-9-11-19(16)10-4-12-20-2/h9,11,14-15H,3-8,10,12-13H2,1-2H3,(H,17,18). The molecular formula is C16H29N3O. The lowest BCUT2D eigenvalue weighted by molar-refractivity contribution is 0.190. The van der Waals surface area contributed by atoms with E-state index in [1.54, 1.807) is 7.11 Å². The Hall–Kier alpha value is -1.03. The highest BCUT2D eigenvalue weighted by Crippen LogP contribution is 2.30. The van der Waals surface area contributed by atoms with Crippen LogP contribution in [0.4, 0.5) is 5.95 Å². The van der Waals surface area contributed by atoms with Crippen LogP contribution in [0.25, 0.3) is 0 Å². The molecule has 4 nitrogen and oxygen atoms in total. The van der Waals surface area contributed by atoms with Gasteiger partial charge in [0.05, 0.1) is 0 Å². The molecule has 1 aliphatic carbocycles. The normalized spacial score (nSPS) is 22.9. The predicted molar refractivity (Wildman–Crippen MR) is 82.9 cm³/mol. The maximum Gasteiger partial charge on any atom is 0.202 e. The molecule has 0 spiro atoms. The molecule has 0 atom stereocenters. The lowest BCUT2D eigenvalue weighted by atomic mass is 9.81. The van der Waals surface area contributed by atoms with Crippen molar-refractivity contribution in [2.45, 2.75) is 52.0 Å². The monoisotopic (exact) mass is 279 g/mol. The first-order chi connectivity index (χ1) is 9.83. The van der Waals surface area contributed by atoms with Crippen molar-refractivity contribution in [2.24, 2.45) is 11.8 Å². The number of nitrogens with one attached hydrogen (secondary N) is 1. The summed E-state index contributed by atoms with van der Waals surface area (Å²) in [6, 6.07) is 0. The molecule has 4 heteroatoms. The molecule has 114 valence electrons. The number of aryl methyl sites for hydroxylation is 1. The second kappa shape index (κ2) is 8.30. The third-order valence-corrected chi connectivity index (χ3v) is 4.56. The van der Waals surface area contributed by atoms with Gasteiger partial charge in [-0.05, 0) is 31.1 Å². The first kappa shape index (κ1) is 15.4. The van der Waals surface area contributed by atoms with Crippen molar-refractivity contribution in [3.05, 3.63) is 12.4 Å². The van der Waals surface area contributed by atoms with Gasteiger partial charge in [0.1, 0.15) is 0 Å². The van der Waals surface area contributed by atoms with Gasteiger partial charge in [-0.25, -0.2) is 4.98 Å². The second-order valence-electron chi connectivity index (χ2n) is 5.97. The number of rotatable bonds is 8. The molecule has 0 aliphatic heterocycles. The van der Waals surface area contributed by atoms with Gasteiger partial charge >= 0.3 is 0 Å². The van der Waals surface area contributed by atoms with E-state index in [2.05, 4.69) is 21.8 Å². The molecule has 1 aromatic heterocycles.